The Morgan fingerprint density at radius 1 is 1.25 bits per heavy atom. The summed E-state index contributed by atoms with van der Waals surface area (Å²) in [4.78, 5) is 2.45. The van der Waals surface area contributed by atoms with Crippen molar-refractivity contribution in [1.82, 2.24) is 4.90 Å². The lowest BCUT2D eigenvalue weighted by Gasteiger charge is -2.45. The van der Waals surface area contributed by atoms with Crippen LogP contribution in [0.5, 0.6) is 0 Å². The van der Waals surface area contributed by atoms with Gasteiger partial charge in [0.2, 0.25) is 0 Å². The Morgan fingerprint density at radius 3 is 2.35 bits per heavy atom. The van der Waals surface area contributed by atoms with Crippen LogP contribution in [0.15, 0.2) is 23.9 Å². The van der Waals surface area contributed by atoms with E-state index >= 15 is 0 Å². The van der Waals surface area contributed by atoms with Crippen LogP contribution in [-0.4, -0.2) is 18.0 Å². The summed E-state index contributed by atoms with van der Waals surface area (Å²) in [5, 5.41) is 0. The van der Waals surface area contributed by atoms with Gasteiger partial charge in [-0.05, 0) is 63.7 Å². The van der Waals surface area contributed by atoms with E-state index in [0.29, 0.717) is 5.41 Å². The van der Waals surface area contributed by atoms with Gasteiger partial charge >= 0.3 is 0 Å². The fraction of sp³-hybridized carbons (Fsp3) is 0.789. The van der Waals surface area contributed by atoms with Crippen LogP contribution in [0.4, 0.5) is 0 Å². The molecule has 116 valence electrons. The van der Waals surface area contributed by atoms with Crippen molar-refractivity contribution < 1.29 is 0 Å². The lowest BCUT2D eigenvalue weighted by Crippen LogP contribution is -2.42. The van der Waals surface area contributed by atoms with Gasteiger partial charge in [-0.25, -0.2) is 0 Å². The summed E-state index contributed by atoms with van der Waals surface area (Å²) < 4.78 is 0. The quantitative estimate of drug-likeness (QED) is 0.533. The molecular formula is C19H35N. The van der Waals surface area contributed by atoms with Crippen LogP contribution < -0.4 is 0 Å². The molecule has 0 saturated heterocycles. The van der Waals surface area contributed by atoms with E-state index in [0.717, 1.165) is 18.4 Å². The molecule has 0 radical (unpaired) electrons. The summed E-state index contributed by atoms with van der Waals surface area (Å²) in [7, 11) is 2.24. The van der Waals surface area contributed by atoms with E-state index in [1.54, 1.807) is 0 Å². The Hall–Kier alpha value is -0.720. The van der Waals surface area contributed by atoms with Crippen molar-refractivity contribution in [1.29, 1.82) is 0 Å². The molecule has 0 spiro atoms. The summed E-state index contributed by atoms with van der Waals surface area (Å²) in [6, 6.07) is 0.748. The SMILES string of the molecule is C=C(CCC/C(C)=C/C)N(C)C1CC(CC(C)(C)C)C1. The van der Waals surface area contributed by atoms with Crippen molar-refractivity contribution in [2.24, 2.45) is 11.3 Å². The number of hydrogen-bond acceptors (Lipinski definition) is 1. The van der Waals surface area contributed by atoms with E-state index in [1.807, 2.05) is 0 Å². The molecule has 0 heterocycles. The molecule has 1 heteroatoms. The highest BCUT2D eigenvalue weighted by atomic mass is 15.1. The number of hydrogen-bond donors (Lipinski definition) is 0. The minimum Gasteiger partial charge on any atom is -0.375 e. The van der Waals surface area contributed by atoms with Crippen LogP contribution in [-0.2, 0) is 0 Å². The third-order valence-electron chi connectivity index (χ3n) is 4.69. The van der Waals surface area contributed by atoms with Crippen LogP contribution in [0.1, 0.15) is 73.1 Å². The number of nitrogens with zero attached hydrogens (tertiary/aromatic N) is 1. The highest BCUT2D eigenvalue weighted by molar-refractivity contribution is 5.02. The minimum absolute atomic E-state index is 0.481. The van der Waals surface area contributed by atoms with E-state index < -0.39 is 0 Å². The molecule has 0 aromatic rings. The first-order chi connectivity index (χ1) is 9.23. The first-order valence-corrected chi connectivity index (χ1v) is 8.25. The zero-order valence-corrected chi connectivity index (χ0v) is 14.6. The van der Waals surface area contributed by atoms with Gasteiger partial charge in [-0.2, -0.15) is 0 Å². The third kappa shape index (κ3) is 5.73. The molecule has 0 aromatic carbocycles. The monoisotopic (exact) mass is 277 g/mol. The Labute approximate surface area is 127 Å². The molecule has 0 atom stereocenters. The van der Waals surface area contributed by atoms with E-state index in [4.69, 9.17) is 0 Å². The van der Waals surface area contributed by atoms with Gasteiger partial charge in [0.05, 0.1) is 0 Å². The normalized spacial score (nSPS) is 23.4. The van der Waals surface area contributed by atoms with Crippen LogP contribution in [0.2, 0.25) is 0 Å². The molecule has 1 fully saturated rings. The average molecular weight is 277 g/mol. The molecule has 20 heavy (non-hydrogen) atoms. The molecule has 0 unspecified atom stereocenters. The fourth-order valence-corrected chi connectivity index (χ4v) is 3.20. The summed E-state index contributed by atoms with van der Waals surface area (Å²) in [6.45, 7) is 15.7. The van der Waals surface area contributed by atoms with Crippen molar-refractivity contribution in [2.75, 3.05) is 7.05 Å². The summed E-state index contributed by atoms with van der Waals surface area (Å²) in [5.41, 5.74) is 3.30. The third-order valence-corrected chi connectivity index (χ3v) is 4.69. The maximum Gasteiger partial charge on any atom is 0.0288 e. The van der Waals surface area contributed by atoms with Gasteiger partial charge in [0.15, 0.2) is 0 Å². The maximum atomic E-state index is 4.29. The van der Waals surface area contributed by atoms with Crippen LogP contribution in [0, 0.1) is 11.3 Å². The zero-order valence-electron chi connectivity index (χ0n) is 14.6. The number of rotatable bonds is 7. The second-order valence-electron chi connectivity index (χ2n) is 7.92. The summed E-state index contributed by atoms with van der Waals surface area (Å²) >= 11 is 0. The Kier molecular flexibility index (Phi) is 6.36. The topological polar surface area (TPSA) is 3.24 Å². The zero-order chi connectivity index (χ0) is 15.3. The van der Waals surface area contributed by atoms with E-state index in [1.165, 1.54) is 43.4 Å². The molecule has 1 saturated carbocycles. The molecule has 1 rings (SSSR count). The molecule has 1 nitrogen and oxygen atoms in total. The molecular weight excluding hydrogens is 242 g/mol. The molecule has 0 aliphatic heterocycles. The Balaban J connectivity index is 2.23. The second-order valence-corrected chi connectivity index (χ2v) is 7.92. The highest BCUT2D eigenvalue weighted by Crippen LogP contribution is 2.40. The smallest absolute Gasteiger partial charge is 0.0288 e. The van der Waals surface area contributed by atoms with Gasteiger partial charge in [-0.3, -0.25) is 0 Å². The van der Waals surface area contributed by atoms with E-state index in [9.17, 15) is 0 Å². The molecule has 0 amide bonds. The molecule has 1 aliphatic carbocycles. The van der Waals surface area contributed by atoms with E-state index in [-0.39, 0.29) is 0 Å². The van der Waals surface area contributed by atoms with Crippen LogP contribution in [0.3, 0.4) is 0 Å². The molecule has 0 N–H and O–H groups in total. The molecule has 1 aliphatic rings. The minimum atomic E-state index is 0.481. The number of allylic oxidation sites excluding steroid dienone is 3. The highest BCUT2D eigenvalue weighted by Gasteiger charge is 2.34. The fourth-order valence-electron chi connectivity index (χ4n) is 3.20. The van der Waals surface area contributed by atoms with Gasteiger partial charge in [0.25, 0.3) is 0 Å². The molecule has 0 bridgehead atoms. The summed E-state index contributed by atoms with van der Waals surface area (Å²) in [6.07, 6.45) is 9.89. The first kappa shape index (κ1) is 17.3. The second kappa shape index (κ2) is 7.33. The van der Waals surface area contributed by atoms with Gasteiger partial charge in [-0.1, -0.05) is 39.0 Å². The van der Waals surface area contributed by atoms with Crippen molar-refractivity contribution in [2.45, 2.75) is 79.2 Å². The lowest BCUT2D eigenvalue weighted by atomic mass is 9.71. The van der Waals surface area contributed by atoms with Crippen molar-refractivity contribution in [3.63, 3.8) is 0 Å². The van der Waals surface area contributed by atoms with Crippen molar-refractivity contribution in [3.05, 3.63) is 23.9 Å². The predicted molar refractivity (Wildman–Crippen MR) is 90.8 cm³/mol. The Morgan fingerprint density at radius 2 is 1.85 bits per heavy atom. The predicted octanol–water partition coefficient (Wildman–Crippen LogP) is 5.78. The molecule has 0 aromatic heterocycles. The average Bonchev–Trinajstić information content (AvgIpc) is 2.30. The van der Waals surface area contributed by atoms with Crippen molar-refractivity contribution in [3.8, 4) is 0 Å². The van der Waals surface area contributed by atoms with Crippen molar-refractivity contribution >= 4 is 0 Å². The van der Waals surface area contributed by atoms with E-state index in [2.05, 4.69) is 59.2 Å². The lowest BCUT2D eigenvalue weighted by molar-refractivity contribution is 0.0938. The van der Waals surface area contributed by atoms with Gasteiger partial charge in [-0.15, -0.1) is 0 Å². The summed E-state index contributed by atoms with van der Waals surface area (Å²) in [5.74, 6) is 0.931. The first-order valence-electron chi connectivity index (χ1n) is 8.25. The van der Waals surface area contributed by atoms with Gasteiger partial charge in [0, 0.05) is 18.8 Å². The van der Waals surface area contributed by atoms with Gasteiger partial charge in [0.1, 0.15) is 0 Å². The maximum absolute atomic E-state index is 4.29. The largest absolute Gasteiger partial charge is 0.375 e. The van der Waals surface area contributed by atoms with Gasteiger partial charge < -0.3 is 4.90 Å². The Bertz CT molecular complexity index is 339. The van der Waals surface area contributed by atoms with Crippen LogP contribution in [0.25, 0.3) is 0 Å². The van der Waals surface area contributed by atoms with Crippen LogP contribution >= 0.6 is 0 Å². The standard InChI is InChI=1S/C19H35N/c1-8-15(2)10-9-11-16(3)20(7)18-12-17(13-18)14-19(4,5)6/h8,17-18H,3,9-14H2,1-2,4-7H3/b15-8+.